The normalized spacial score (nSPS) is 10.6. The standard InChI is InChI=1S/C19H22OS/c1-3-5-16-8-10-18(11-9-16)19(20)14-21-13-17-7-4-6-15(2)12-17/h4,6-12H,3,5,13-14H2,1-2H3. The van der Waals surface area contributed by atoms with Crippen LogP contribution in [0.4, 0.5) is 0 Å². The highest BCUT2D eigenvalue weighted by molar-refractivity contribution is 7.99. The van der Waals surface area contributed by atoms with Gasteiger partial charge in [0.05, 0.1) is 5.75 Å². The Morgan fingerprint density at radius 1 is 1.05 bits per heavy atom. The molecule has 2 rings (SSSR count). The molecule has 0 radical (unpaired) electrons. The molecule has 110 valence electrons. The lowest BCUT2D eigenvalue weighted by molar-refractivity contribution is 0.102. The van der Waals surface area contributed by atoms with Crippen molar-refractivity contribution in [3.63, 3.8) is 0 Å². The molecule has 0 aliphatic rings. The van der Waals surface area contributed by atoms with Crippen LogP contribution >= 0.6 is 11.8 Å². The Morgan fingerprint density at radius 2 is 1.81 bits per heavy atom. The molecule has 0 saturated carbocycles. The van der Waals surface area contributed by atoms with E-state index >= 15 is 0 Å². The first-order valence-corrected chi connectivity index (χ1v) is 8.60. The highest BCUT2D eigenvalue weighted by Gasteiger charge is 2.06. The summed E-state index contributed by atoms with van der Waals surface area (Å²) in [7, 11) is 0. The van der Waals surface area contributed by atoms with Crippen molar-refractivity contribution >= 4 is 17.5 Å². The third-order valence-corrected chi connectivity index (χ3v) is 4.40. The molecule has 2 aromatic rings. The molecule has 0 atom stereocenters. The fourth-order valence-corrected chi connectivity index (χ4v) is 3.16. The van der Waals surface area contributed by atoms with Gasteiger partial charge in [-0.15, -0.1) is 11.8 Å². The Kier molecular flexibility index (Phi) is 6.06. The second-order valence-electron chi connectivity index (χ2n) is 5.35. The van der Waals surface area contributed by atoms with Crippen LogP contribution < -0.4 is 0 Å². The van der Waals surface area contributed by atoms with Crippen LogP contribution in [0.15, 0.2) is 48.5 Å². The number of thioether (sulfide) groups is 1. The largest absolute Gasteiger partial charge is 0.293 e. The minimum atomic E-state index is 0.218. The van der Waals surface area contributed by atoms with Gasteiger partial charge >= 0.3 is 0 Å². The predicted octanol–water partition coefficient (Wildman–Crippen LogP) is 5.06. The van der Waals surface area contributed by atoms with Gasteiger partial charge < -0.3 is 0 Å². The average molecular weight is 298 g/mol. The molecule has 0 spiro atoms. The Hall–Kier alpha value is -1.54. The molecule has 0 fully saturated rings. The molecule has 0 heterocycles. The lowest BCUT2D eigenvalue weighted by Crippen LogP contribution is -2.02. The zero-order valence-corrected chi connectivity index (χ0v) is 13.6. The number of rotatable bonds is 7. The van der Waals surface area contributed by atoms with E-state index < -0.39 is 0 Å². The monoisotopic (exact) mass is 298 g/mol. The minimum Gasteiger partial charge on any atom is -0.293 e. The van der Waals surface area contributed by atoms with Crippen molar-refractivity contribution < 1.29 is 4.79 Å². The summed E-state index contributed by atoms with van der Waals surface area (Å²) in [4.78, 5) is 12.2. The maximum absolute atomic E-state index is 12.2. The van der Waals surface area contributed by atoms with Gasteiger partial charge in [0.1, 0.15) is 0 Å². The van der Waals surface area contributed by atoms with Gasteiger partial charge in [0.25, 0.3) is 0 Å². The molecule has 0 aliphatic carbocycles. The van der Waals surface area contributed by atoms with Crippen molar-refractivity contribution in [3.8, 4) is 0 Å². The first-order valence-electron chi connectivity index (χ1n) is 7.44. The van der Waals surface area contributed by atoms with E-state index in [-0.39, 0.29) is 5.78 Å². The number of carbonyl (C=O) groups excluding carboxylic acids is 1. The van der Waals surface area contributed by atoms with Gasteiger partial charge in [0.15, 0.2) is 5.78 Å². The van der Waals surface area contributed by atoms with Gasteiger partial charge in [-0.3, -0.25) is 4.79 Å². The molecule has 0 N–H and O–H groups in total. The number of ketones is 1. The lowest BCUT2D eigenvalue weighted by Gasteiger charge is -2.04. The molecular weight excluding hydrogens is 276 g/mol. The quantitative estimate of drug-likeness (QED) is 0.664. The van der Waals surface area contributed by atoms with Crippen LogP contribution in [0.3, 0.4) is 0 Å². The molecule has 21 heavy (non-hydrogen) atoms. The van der Waals surface area contributed by atoms with Crippen molar-refractivity contribution in [2.24, 2.45) is 0 Å². The fourth-order valence-electron chi connectivity index (χ4n) is 2.29. The van der Waals surface area contributed by atoms with E-state index in [0.717, 1.165) is 24.2 Å². The molecule has 0 aliphatic heterocycles. The van der Waals surface area contributed by atoms with Crippen LogP contribution in [0.25, 0.3) is 0 Å². The summed E-state index contributed by atoms with van der Waals surface area (Å²) in [5, 5.41) is 0. The molecule has 0 bridgehead atoms. The summed E-state index contributed by atoms with van der Waals surface area (Å²) < 4.78 is 0. The predicted molar refractivity (Wildman–Crippen MR) is 92.1 cm³/mol. The number of hydrogen-bond donors (Lipinski definition) is 0. The molecule has 2 aromatic carbocycles. The number of aryl methyl sites for hydroxylation is 2. The smallest absolute Gasteiger partial charge is 0.172 e. The van der Waals surface area contributed by atoms with E-state index in [2.05, 4.69) is 50.2 Å². The summed E-state index contributed by atoms with van der Waals surface area (Å²) in [6.45, 7) is 4.26. The van der Waals surface area contributed by atoms with Crippen LogP contribution in [-0.2, 0) is 12.2 Å². The Morgan fingerprint density at radius 3 is 2.48 bits per heavy atom. The van der Waals surface area contributed by atoms with E-state index in [1.165, 1.54) is 16.7 Å². The molecule has 2 heteroatoms. The number of Topliss-reactive ketones (excluding diaryl/α,β-unsaturated/α-hetero) is 1. The SMILES string of the molecule is CCCc1ccc(C(=O)CSCc2cccc(C)c2)cc1. The minimum absolute atomic E-state index is 0.218. The topological polar surface area (TPSA) is 17.1 Å². The van der Waals surface area contributed by atoms with E-state index in [0.29, 0.717) is 5.75 Å². The maximum Gasteiger partial charge on any atom is 0.172 e. The Bertz CT molecular complexity index is 587. The van der Waals surface area contributed by atoms with Gasteiger partial charge in [-0.1, -0.05) is 67.4 Å². The van der Waals surface area contributed by atoms with E-state index in [1.54, 1.807) is 11.8 Å². The van der Waals surface area contributed by atoms with Crippen LogP contribution in [0.2, 0.25) is 0 Å². The van der Waals surface area contributed by atoms with Crippen molar-refractivity contribution in [2.75, 3.05) is 5.75 Å². The van der Waals surface area contributed by atoms with Gasteiger partial charge in [-0.2, -0.15) is 0 Å². The summed E-state index contributed by atoms with van der Waals surface area (Å²) >= 11 is 1.68. The third-order valence-electron chi connectivity index (χ3n) is 3.40. The van der Waals surface area contributed by atoms with Crippen LogP contribution in [0, 0.1) is 6.92 Å². The highest BCUT2D eigenvalue weighted by Crippen LogP contribution is 2.16. The zero-order chi connectivity index (χ0) is 15.1. The molecule has 1 nitrogen and oxygen atoms in total. The van der Waals surface area contributed by atoms with Gasteiger partial charge in [-0.05, 0) is 24.5 Å². The van der Waals surface area contributed by atoms with Crippen molar-refractivity contribution in [1.82, 2.24) is 0 Å². The third kappa shape index (κ3) is 5.05. The van der Waals surface area contributed by atoms with Crippen LogP contribution in [0.1, 0.15) is 40.4 Å². The molecule has 0 aromatic heterocycles. The van der Waals surface area contributed by atoms with Gasteiger partial charge in [-0.25, -0.2) is 0 Å². The molecule has 0 unspecified atom stereocenters. The molecule has 0 amide bonds. The lowest BCUT2D eigenvalue weighted by atomic mass is 10.1. The van der Waals surface area contributed by atoms with Crippen LogP contribution in [-0.4, -0.2) is 11.5 Å². The molecule has 0 saturated heterocycles. The van der Waals surface area contributed by atoms with E-state index in [4.69, 9.17) is 0 Å². The van der Waals surface area contributed by atoms with Crippen molar-refractivity contribution in [1.29, 1.82) is 0 Å². The summed E-state index contributed by atoms with van der Waals surface area (Å²) in [6.07, 6.45) is 2.22. The van der Waals surface area contributed by atoms with E-state index in [1.807, 2.05) is 12.1 Å². The highest BCUT2D eigenvalue weighted by atomic mass is 32.2. The Balaban J connectivity index is 1.84. The van der Waals surface area contributed by atoms with Crippen molar-refractivity contribution in [2.45, 2.75) is 32.4 Å². The average Bonchev–Trinajstić information content (AvgIpc) is 2.48. The summed E-state index contributed by atoms with van der Waals surface area (Å²) in [6, 6.07) is 16.5. The van der Waals surface area contributed by atoms with Crippen molar-refractivity contribution in [3.05, 3.63) is 70.8 Å². The molecular formula is C19H22OS. The number of benzene rings is 2. The maximum atomic E-state index is 12.2. The number of carbonyl (C=O) groups is 1. The number of hydrogen-bond acceptors (Lipinski definition) is 2. The van der Waals surface area contributed by atoms with Crippen LogP contribution in [0.5, 0.6) is 0 Å². The van der Waals surface area contributed by atoms with E-state index in [9.17, 15) is 4.79 Å². The second kappa shape index (κ2) is 8.04. The fraction of sp³-hybridized carbons (Fsp3) is 0.316. The Labute approximate surface area is 131 Å². The summed E-state index contributed by atoms with van der Waals surface area (Å²) in [5.41, 5.74) is 4.69. The second-order valence-corrected chi connectivity index (χ2v) is 6.34. The first-order chi connectivity index (χ1) is 10.2. The zero-order valence-electron chi connectivity index (χ0n) is 12.8. The summed E-state index contributed by atoms with van der Waals surface area (Å²) in [5.74, 6) is 1.65. The van der Waals surface area contributed by atoms with Gasteiger partial charge in [0, 0.05) is 11.3 Å². The first kappa shape index (κ1) is 15.8. The van der Waals surface area contributed by atoms with Gasteiger partial charge in [0.2, 0.25) is 0 Å².